The minimum Gasteiger partial charge on any atom is -0.496 e. The van der Waals surface area contributed by atoms with E-state index in [1.165, 1.54) is 11.8 Å². The highest BCUT2D eigenvalue weighted by molar-refractivity contribution is 9.10. The average molecular weight is 565 g/mol. The van der Waals surface area contributed by atoms with Gasteiger partial charge in [0.25, 0.3) is 5.91 Å². The molecule has 3 aromatic rings. The normalized spacial score (nSPS) is 16.8. The number of aromatic nitrogens is 1. The van der Waals surface area contributed by atoms with Crippen LogP contribution in [-0.2, 0) is 9.59 Å². The molecule has 184 valence electrons. The van der Waals surface area contributed by atoms with E-state index < -0.39 is 0 Å². The maximum absolute atomic E-state index is 13.6. The van der Waals surface area contributed by atoms with Gasteiger partial charge in [-0.05, 0) is 64.0 Å². The summed E-state index contributed by atoms with van der Waals surface area (Å²) in [6, 6.07) is 19.2. The van der Waals surface area contributed by atoms with Crippen LogP contribution in [0.15, 0.2) is 81.1 Å². The lowest BCUT2D eigenvalue weighted by Gasteiger charge is -2.37. The first kappa shape index (κ1) is 24.4. The van der Waals surface area contributed by atoms with Gasteiger partial charge in [-0.1, -0.05) is 36.0 Å². The van der Waals surface area contributed by atoms with Crippen LogP contribution in [0.1, 0.15) is 5.56 Å². The number of anilines is 2. The summed E-state index contributed by atoms with van der Waals surface area (Å²) in [6.07, 6.45) is 3.64. The predicted octanol–water partition coefficient (Wildman–Crippen LogP) is 4.68. The summed E-state index contributed by atoms with van der Waals surface area (Å²) in [4.78, 5) is 38.4. The van der Waals surface area contributed by atoms with Crippen molar-refractivity contribution in [1.29, 1.82) is 0 Å². The largest absolute Gasteiger partial charge is 0.496 e. The summed E-state index contributed by atoms with van der Waals surface area (Å²) in [7, 11) is 1.61. The van der Waals surface area contributed by atoms with E-state index in [1.54, 1.807) is 18.2 Å². The van der Waals surface area contributed by atoms with Crippen molar-refractivity contribution in [3.63, 3.8) is 0 Å². The lowest BCUT2D eigenvalue weighted by molar-refractivity contribution is -0.131. The van der Waals surface area contributed by atoms with Crippen molar-refractivity contribution >= 4 is 57.1 Å². The molecule has 5 rings (SSSR count). The fourth-order valence-electron chi connectivity index (χ4n) is 4.30. The number of thioether (sulfide) groups is 1. The Labute approximate surface area is 222 Å². The van der Waals surface area contributed by atoms with E-state index in [2.05, 4.69) is 25.8 Å². The van der Waals surface area contributed by atoms with E-state index in [4.69, 9.17) is 4.74 Å². The van der Waals surface area contributed by atoms with Gasteiger partial charge in [-0.25, -0.2) is 4.98 Å². The number of carbonyl (C=O) groups excluding carboxylic acids is 2. The van der Waals surface area contributed by atoms with Gasteiger partial charge in [0.05, 0.1) is 22.2 Å². The van der Waals surface area contributed by atoms with Crippen molar-refractivity contribution in [2.45, 2.75) is 4.90 Å². The number of amides is 2. The molecular weight excluding hydrogens is 540 g/mol. The van der Waals surface area contributed by atoms with Gasteiger partial charge in [0.1, 0.15) is 18.1 Å². The first-order valence-corrected chi connectivity index (χ1v) is 13.2. The molecule has 2 aliphatic rings. The van der Waals surface area contributed by atoms with Crippen LogP contribution in [0.5, 0.6) is 5.75 Å². The maximum Gasteiger partial charge on any atom is 0.265 e. The van der Waals surface area contributed by atoms with E-state index in [-0.39, 0.29) is 18.4 Å². The summed E-state index contributed by atoms with van der Waals surface area (Å²) in [5.74, 6) is 1.41. The van der Waals surface area contributed by atoms with E-state index in [1.807, 2.05) is 71.6 Å². The second-order valence-corrected chi connectivity index (χ2v) is 10.4. The van der Waals surface area contributed by atoms with E-state index >= 15 is 0 Å². The smallest absolute Gasteiger partial charge is 0.265 e. The third kappa shape index (κ3) is 5.12. The molecule has 2 aromatic carbocycles. The number of benzene rings is 2. The molecule has 9 heteroatoms. The highest BCUT2D eigenvalue weighted by Gasteiger charge is 2.32. The number of para-hydroxylation sites is 1. The number of pyridine rings is 1. The number of rotatable bonds is 5. The third-order valence-electron chi connectivity index (χ3n) is 6.20. The van der Waals surface area contributed by atoms with Crippen LogP contribution < -0.4 is 14.5 Å². The molecule has 36 heavy (non-hydrogen) atoms. The molecule has 2 amide bonds. The Bertz CT molecular complexity index is 1310. The van der Waals surface area contributed by atoms with Gasteiger partial charge in [-0.2, -0.15) is 0 Å². The van der Waals surface area contributed by atoms with Crippen molar-refractivity contribution in [2.75, 3.05) is 49.6 Å². The summed E-state index contributed by atoms with van der Waals surface area (Å²) in [5, 5.41) is 0. The molecule has 3 heterocycles. The second kappa shape index (κ2) is 10.8. The van der Waals surface area contributed by atoms with Crippen molar-refractivity contribution in [2.24, 2.45) is 0 Å². The first-order chi connectivity index (χ1) is 17.5. The molecule has 0 bridgehead atoms. The quantitative estimate of drug-likeness (QED) is 0.419. The number of halogens is 1. The van der Waals surface area contributed by atoms with Crippen LogP contribution in [0.3, 0.4) is 0 Å². The highest BCUT2D eigenvalue weighted by Crippen LogP contribution is 2.42. The van der Waals surface area contributed by atoms with Gasteiger partial charge in [-0.3, -0.25) is 14.5 Å². The molecule has 0 aliphatic carbocycles. The van der Waals surface area contributed by atoms with E-state index in [0.717, 1.165) is 32.2 Å². The van der Waals surface area contributed by atoms with E-state index in [9.17, 15) is 9.59 Å². The van der Waals surface area contributed by atoms with Gasteiger partial charge in [0, 0.05) is 37.3 Å². The molecule has 0 radical (unpaired) electrons. The Morgan fingerprint density at radius 2 is 1.86 bits per heavy atom. The van der Waals surface area contributed by atoms with Crippen molar-refractivity contribution in [3.8, 4) is 5.75 Å². The maximum atomic E-state index is 13.6. The number of ether oxygens (including phenoxy) is 1. The van der Waals surface area contributed by atoms with Crippen LogP contribution in [0.25, 0.3) is 6.08 Å². The number of carbonyl (C=O) groups is 2. The van der Waals surface area contributed by atoms with E-state index in [0.29, 0.717) is 31.1 Å². The zero-order valence-electron chi connectivity index (χ0n) is 19.8. The van der Waals surface area contributed by atoms with Gasteiger partial charge in [0.2, 0.25) is 5.91 Å². The zero-order valence-corrected chi connectivity index (χ0v) is 22.2. The minimum absolute atomic E-state index is 0.00361. The molecule has 0 atom stereocenters. The number of piperazine rings is 1. The molecule has 1 fully saturated rings. The molecule has 0 unspecified atom stereocenters. The number of hydrogen-bond donors (Lipinski definition) is 0. The Morgan fingerprint density at radius 3 is 2.58 bits per heavy atom. The Hall–Kier alpha value is -3.30. The summed E-state index contributed by atoms with van der Waals surface area (Å²) < 4.78 is 6.12. The van der Waals surface area contributed by atoms with Crippen LogP contribution >= 0.6 is 27.7 Å². The zero-order chi connectivity index (χ0) is 25.1. The SMILES string of the molecule is COc1ccc(C=C2Sc3ccccc3N(CC(=O)N3CCN(c4ccccn4)CC3)C2=O)cc1Br. The van der Waals surface area contributed by atoms with Crippen LogP contribution in [-0.4, -0.2) is 61.5 Å². The third-order valence-corrected chi connectivity index (χ3v) is 7.90. The summed E-state index contributed by atoms with van der Waals surface area (Å²) >= 11 is 4.93. The number of methoxy groups -OCH3 is 1. The Balaban J connectivity index is 1.33. The standard InChI is InChI=1S/C27H25BrN4O3S/c1-35-22-10-9-19(16-20(22)28)17-24-27(34)32(21-6-2-3-7-23(21)36-24)18-26(33)31-14-12-30(13-15-31)25-8-4-5-11-29-25/h2-11,16-17H,12-15,18H2,1H3. The Morgan fingerprint density at radius 1 is 1.08 bits per heavy atom. The molecule has 2 aliphatic heterocycles. The van der Waals surface area contributed by atoms with Crippen molar-refractivity contribution in [1.82, 2.24) is 9.88 Å². The monoisotopic (exact) mass is 564 g/mol. The fourth-order valence-corrected chi connectivity index (χ4v) is 5.92. The molecule has 0 saturated carbocycles. The predicted molar refractivity (Wildman–Crippen MR) is 146 cm³/mol. The average Bonchev–Trinajstić information content (AvgIpc) is 2.91. The van der Waals surface area contributed by atoms with Crippen molar-refractivity contribution in [3.05, 3.63) is 81.8 Å². The number of fused-ring (bicyclic) bond motifs is 1. The number of hydrogen-bond acceptors (Lipinski definition) is 6. The first-order valence-electron chi connectivity index (χ1n) is 11.6. The van der Waals surface area contributed by atoms with Crippen LogP contribution in [0.4, 0.5) is 11.5 Å². The Kier molecular flexibility index (Phi) is 7.29. The topological polar surface area (TPSA) is 66.0 Å². The second-order valence-electron chi connectivity index (χ2n) is 8.42. The van der Waals surface area contributed by atoms with Gasteiger partial charge in [-0.15, -0.1) is 0 Å². The number of nitrogens with zero attached hydrogens (tertiary/aromatic N) is 4. The molecule has 7 nitrogen and oxygen atoms in total. The molecule has 0 N–H and O–H groups in total. The lowest BCUT2D eigenvalue weighted by Crippen LogP contribution is -2.52. The summed E-state index contributed by atoms with van der Waals surface area (Å²) in [5.41, 5.74) is 1.64. The van der Waals surface area contributed by atoms with Gasteiger partial charge in [0.15, 0.2) is 0 Å². The molecule has 0 spiro atoms. The lowest BCUT2D eigenvalue weighted by atomic mass is 10.2. The highest BCUT2D eigenvalue weighted by atomic mass is 79.9. The molecule has 1 aromatic heterocycles. The summed E-state index contributed by atoms with van der Waals surface area (Å²) in [6.45, 7) is 2.61. The minimum atomic E-state index is -0.175. The fraction of sp³-hybridized carbons (Fsp3) is 0.222. The van der Waals surface area contributed by atoms with Crippen LogP contribution in [0, 0.1) is 0 Å². The van der Waals surface area contributed by atoms with Crippen LogP contribution in [0.2, 0.25) is 0 Å². The molecular formula is C27H25BrN4O3S. The molecule has 1 saturated heterocycles. The van der Waals surface area contributed by atoms with Gasteiger partial charge >= 0.3 is 0 Å². The van der Waals surface area contributed by atoms with Crippen molar-refractivity contribution < 1.29 is 14.3 Å². The van der Waals surface area contributed by atoms with Gasteiger partial charge < -0.3 is 14.5 Å².